The molecule has 0 saturated carbocycles. The third-order valence-corrected chi connectivity index (χ3v) is 4.44. The second-order valence-electron chi connectivity index (χ2n) is 6.22. The third-order valence-electron chi connectivity index (χ3n) is 4.44. The van der Waals surface area contributed by atoms with Crippen LogP contribution in [0, 0.1) is 6.92 Å². The molecule has 0 aliphatic carbocycles. The first-order chi connectivity index (χ1) is 11.1. The van der Waals surface area contributed by atoms with Crippen molar-refractivity contribution in [3.8, 4) is 11.3 Å². The molecule has 3 N–H and O–H groups in total. The van der Waals surface area contributed by atoms with Crippen molar-refractivity contribution in [2.24, 2.45) is 0 Å². The minimum atomic E-state index is -0.550. The van der Waals surface area contributed by atoms with E-state index in [1.54, 1.807) is 0 Å². The summed E-state index contributed by atoms with van der Waals surface area (Å²) in [5.41, 5.74) is 4.93. The van der Waals surface area contributed by atoms with Crippen LogP contribution in [0.4, 0.5) is 11.4 Å². The molecule has 4 nitrogen and oxygen atoms in total. The number of aliphatic hydroxyl groups excluding tert-OH is 1. The van der Waals surface area contributed by atoms with Gasteiger partial charge in [0.15, 0.2) is 0 Å². The maximum atomic E-state index is 10.1. The number of benzene rings is 2. The zero-order valence-electron chi connectivity index (χ0n) is 13.3. The molecule has 1 aromatic heterocycles. The van der Waals surface area contributed by atoms with Gasteiger partial charge in [-0.05, 0) is 32.0 Å². The van der Waals surface area contributed by atoms with Gasteiger partial charge in [-0.15, -0.1) is 0 Å². The molecular formula is C19H20N2O2. The molecule has 3 aromatic rings. The number of fused-ring (bicyclic) bond motifs is 2. The Bertz CT molecular complexity index is 869. The van der Waals surface area contributed by atoms with Crippen LogP contribution in [0.5, 0.6) is 0 Å². The first-order valence-electron chi connectivity index (χ1n) is 7.96. The summed E-state index contributed by atoms with van der Waals surface area (Å²) < 4.78 is 6.12. The van der Waals surface area contributed by atoms with Gasteiger partial charge >= 0.3 is 0 Å². The smallest absolute Gasteiger partial charge is 0.140 e. The number of hydrogen-bond donors (Lipinski definition) is 3. The Morgan fingerprint density at radius 1 is 1.09 bits per heavy atom. The summed E-state index contributed by atoms with van der Waals surface area (Å²) in [4.78, 5) is 0. The topological polar surface area (TPSA) is 57.4 Å². The monoisotopic (exact) mass is 308 g/mol. The molecule has 2 aromatic carbocycles. The minimum absolute atomic E-state index is 0.171. The number of rotatable bonds is 1. The van der Waals surface area contributed by atoms with Crippen molar-refractivity contribution < 1.29 is 9.52 Å². The predicted molar refractivity (Wildman–Crippen MR) is 93.7 cm³/mol. The number of para-hydroxylation sites is 2. The Morgan fingerprint density at radius 3 is 2.74 bits per heavy atom. The molecule has 0 fully saturated rings. The van der Waals surface area contributed by atoms with Crippen molar-refractivity contribution in [1.29, 1.82) is 0 Å². The first-order valence-corrected chi connectivity index (χ1v) is 7.96. The Hall–Kier alpha value is -2.46. The van der Waals surface area contributed by atoms with E-state index >= 15 is 0 Å². The molecule has 4 heteroatoms. The standard InChI is InChI=1S/C19H20N2O2/c1-11-10-17(22)21-15-8-5-7-14(18(15)20-11)19-12(2)13-6-3-4-9-16(13)23-19/h3-9,11,17,20-22H,10H2,1-2H3/t11-,17?/m1/s1. The Morgan fingerprint density at radius 2 is 1.91 bits per heavy atom. The highest BCUT2D eigenvalue weighted by Crippen LogP contribution is 2.41. The molecule has 1 unspecified atom stereocenters. The van der Waals surface area contributed by atoms with Crippen molar-refractivity contribution in [2.45, 2.75) is 32.5 Å². The summed E-state index contributed by atoms with van der Waals surface area (Å²) in [5.74, 6) is 0.876. The lowest BCUT2D eigenvalue weighted by molar-refractivity contribution is 0.190. The Labute approximate surface area is 135 Å². The van der Waals surface area contributed by atoms with Crippen LogP contribution in [-0.4, -0.2) is 17.4 Å². The lowest BCUT2D eigenvalue weighted by Crippen LogP contribution is -2.23. The molecule has 0 radical (unpaired) electrons. The van der Waals surface area contributed by atoms with Gasteiger partial charge in [0.25, 0.3) is 0 Å². The summed E-state index contributed by atoms with van der Waals surface area (Å²) in [6.45, 7) is 4.16. The van der Waals surface area contributed by atoms with E-state index in [0.29, 0.717) is 6.42 Å². The number of hydrogen-bond acceptors (Lipinski definition) is 4. The second kappa shape index (κ2) is 5.32. The van der Waals surface area contributed by atoms with Crippen LogP contribution < -0.4 is 10.6 Å². The van der Waals surface area contributed by atoms with Crippen LogP contribution in [0.15, 0.2) is 46.9 Å². The molecule has 0 amide bonds. The molecule has 4 rings (SSSR count). The van der Waals surface area contributed by atoms with Gasteiger partial charge in [0.1, 0.15) is 17.6 Å². The van der Waals surface area contributed by atoms with E-state index < -0.39 is 6.23 Å². The van der Waals surface area contributed by atoms with Crippen LogP contribution in [0.2, 0.25) is 0 Å². The molecule has 0 spiro atoms. The molecule has 23 heavy (non-hydrogen) atoms. The SMILES string of the molecule is Cc1c(-c2cccc3c2N[C@H](C)CC(O)N3)oc2ccccc12. The molecule has 2 heterocycles. The number of anilines is 2. The fraction of sp³-hybridized carbons (Fsp3) is 0.263. The van der Waals surface area contributed by atoms with E-state index in [2.05, 4.69) is 36.6 Å². The summed E-state index contributed by atoms with van der Waals surface area (Å²) >= 11 is 0. The van der Waals surface area contributed by atoms with Crippen LogP contribution >= 0.6 is 0 Å². The fourth-order valence-electron chi connectivity index (χ4n) is 3.33. The largest absolute Gasteiger partial charge is 0.456 e. The lowest BCUT2D eigenvalue weighted by Gasteiger charge is -2.16. The quantitative estimate of drug-likeness (QED) is 0.626. The van der Waals surface area contributed by atoms with Gasteiger partial charge in [0.05, 0.1) is 11.4 Å². The fourth-order valence-corrected chi connectivity index (χ4v) is 3.33. The van der Waals surface area contributed by atoms with E-state index in [1.807, 2.05) is 30.3 Å². The van der Waals surface area contributed by atoms with Gasteiger partial charge in [0, 0.05) is 29.0 Å². The van der Waals surface area contributed by atoms with Crippen LogP contribution in [0.3, 0.4) is 0 Å². The maximum absolute atomic E-state index is 10.1. The minimum Gasteiger partial charge on any atom is -0.456 e. The van der Waals surface area contributed by atoms with Crippen LogP contribution in [0.25, 0.3) is 22.3 Å². The van der Waals surface area contributed by atoms with Crippen molar-refractivity contribution in [2.75, 3.05) is 10.6 Å². The summed E-state index contributed by atoms with van der Waals surface area (Å²) in [7, 11) is 0. The highest BCUT2D eigenvalue weighted by atomic mass is 16.3. The van der Waals surface area contributed by atoms with E-state index in [-0.39, 0.29) is 6.04 Å². The summed E-state index contributed by atoms with van der Waals surface area (Å²) in [6, 6.07) is 14.3. The average molecular weight is 308 g/mol. The number of aryl methyl sites for hydroxylation is 1. The molecule has 2 atom stereocenters. The molecular weight excluding hydrogens is 288 g/mol. The Balaban J connectivity index is 1.92. The highest BCUT2D eigenvalue weighted by molar-refractivity contribution is 5.93. The van der Waals surface area contributed by atoms with Gasteiger partial charge in [0.2, 0.25) is 0 Å². The number of aliphatic hydroxyl groups is 1. The molecule has 118 valence electrons. The average Bonchev–Trinajstić information content (AvgIpc) is 2.77. The van der Waals surface area contributed by atoms with Crippen molar-refractivity contribution in [1.82, 2.24) is 0 Å². The van der Waals surface area contributed by atoms with Gasteiger partial charge in [-0.3, -0.25) is 0 Å². The number of nitrogens with one attached hydrogen (secondary N) is 2. The zero-order valence-corrected chi connectivity index (χ0v) is 13.3. The van der Waals surface area contributed by atoms with Crippen molar-refractivity contribution in [3.05, 3.63) is 48.0 Å². The summed E-state index contributed by atoms with van der Waals surface area (Å²) in [6.07, 6.45) is 0.0959. The molecule has 1 aliphatic rings. The van der Waals surface area contributed by atoms with Crippen molar-refractivity contribution >= 4 is 22.3 Å². The van der Waals surface area contributed by atoms with Gasteiger partial charge in [-0.2, -0.15) is 0 Å². The summed E-state index contributed by atoms with van der Waals surface area (Å²) in [5, 5.41) is 17.9. The Kier molecular flexibility index (Phi) is 3.27. The first kappa shape index (κ1) is 14.2. The molecule has 0 saturated heterocycles. The van der Waals surface area contributed by atoms with Crippen LogP contribution in [-0.2, 0) is 0 Å². The number of furan rings is 1. The highest BCUT2D eigenvalue weighted by Gasteiger charge is 2.23. The van der Waals surface area contributed by atoms with E-state index in [9.17, 15) is 5.11 Å². The van der Waals surface area contributed by atoms with E-state index in [1.165, 1.54) is 0 Å². The van der Waals surface area contributed by atoms with Gasteiger partial charge in [-0.1, -0.05) is 24.3 Å². The third kappa shape index (κ3) is 2.35. The second-order valence-corrected chi connectivity index (χ2v) is 6.22. The van der Waals surface area contributed by atoms with E-state index in [4.69, 9.17) is 4.42 Å². The van der Waals surface area contributed by atoms with Crippen LogP contribution in [0.1, 0.15) is 18.9 Å². The normalized spacial score (nSPS) is 20.5. The van der Waals surface area contributed by atoms with E-state index in [0.717, 1.165) is 39.2 Å². The lowest BCUT2D eigenvalue weighted by atomic mass is 10.0. The zero-order chi connectivity index (χ0) is 16.0. The predicted octanol–water partition coefficient (Wildman–Crippen LogP) is 4.34. The maximum Gasteiger partial charge on any atom is 0.140 e. The molecule has 0 bridgehead atoms. The molecule has 1 aliphatic heterocycles. The van der Waals surface area contributed by atoms with Crippen molar-refractivity contribution in [3.63, 3.8) is 0 Å². The van der Waals surface area contributed by atoms with Gasteiger partial charge in [-0.25, -0.2) is 0 Å². The van der Waals surface area contributed by atoms with Gasteiger partial charge < -0.3 is 20.2 Å².